The normalized spacial score (nSPS) is 11.8. The maximum absolute atomic E-state index is 12.5. The predicted octanol–water partition coefficient (Wildman–Crippen LogP) is 4.20. The molecule has 1 aliphatic rings. The van der Waals surface area contributed by atoms with Gasteiger partial charge in [-0.15, -0.1) is 0 Å². The molecule has 0 bridgehead atoms. The van der Waals surface area contributed by atoms with E-state index in [1.54, 1.807) is 60.7 Å². The zero-order valence-corrected chi connectivity index (χ0v) is 19.3. The molecule has 3 aromatic carbocycles. The van der Waals surface area contributed by atoms with Crippen LogP contribution in [0.15, 0.2) is 65.8 Å². The van der Waals surface area contributed by atoms with Crippen LogP contribution in [-0.4, -0.2) is 38.6 Å². The molecule has 1 N–H and O–H groups in total. The fourth-order valence-corrected chi connectivity index (χ4v) is 3.18. The minimum atomic E-state index is -0.525. The van der Waals surface area contributed by atoms with E-state index in [-0.39, 0.29) is 12.5 Å². The molecule has 0 aliphatic carbocycles. The smallest absolute Gasteiger partial charge is 0.343 e. The van der Waals surface area contributed by atoms with Crippen molar-refractivity contribution < 1.29 is 33.3 Å². The molecular weight excluding hydrogens is 452 g/mol. The first kappa shape index (κ1) is 23.6. The van der Waals surface area contributed by atoms with Gasteiger partial charge in [0.05, 0.1) is 25.5 Å². The molecule has 0 atom stereocenters. The van der Waals surface area contributed by atoms with Crippen molar-refractivity contribution in [2.75, 3.05) is 20.5 Å². The third-order valence-electron chi connectivity index (χ3n) is 4.97. The number of rotatable bonds is 9. The Morgan fingerprint density at radius 1 is 0.971 bits per heavy atom. The quantitative estimate of drug-likeness (QED) is 0.214. The Morgan fingerprint density at radius 2 is 1.74 bits per heavy atom. The molecule has 0 radical (unpaired) electrons. The van der Waals surface area contributed by atoms with Crippen LogP contribution in [0, 0.1) is 0 Å². The predicted molar refractivity (Wildman–Crippen MR) is 128 cm³/mol. The minimum absolute atomic E-state index is 0.131. The summed E-state index contributed by atoms with van der Waals surface area (Å²) in [6.45, 7) is 2.76. The largest absolute Gasteiger partial charge is 0.494 e. The lowest BCUT2D eigenvalue weighted by molar-refractivity contribution is 0.0729. The van der Waals surface area contributed by atoms with Gasteiger partial charge >= 0.3 is 5.97 Å². The summed E-state index contributed by atoms with van der Waals surface area (Å²) in [4.78, 5) is 24.9. The van der Waals surface area contributed by atoms with Gasteiger partial charge in [0.1, 0.15) is 5.75 Å². The van der Waals surface area contributed by atoms with Gasteiger partial charge in [-0.1, -0.05) is 6.92 Å². The Balaban J connectivity index is 1.37. The van der Waals surface area contributed by atoms with E-state index in [4.69, 9.17) is 23.7 Å². The van der Waals surface area contributed by atoms with Crippen molar-refractivity contribution in [1.82, 2.24) is 5.43 Å². The molecule has 35 heavy (non-hydrogen) atoms. The van der Waals surface area contributed by atoms with Crippen molar-refractivity contribution >= 4 is 18.1 Å². The number of carbonyl (C=O) groups excluding carboxylic acids is 2. The molecule has 180 valence electrons. The molecule has 0 fully saturated rings. The number of benzene rings is 3. The van der Waals surface area contributed by atoms with Crippen LogP contribution in [0.4, 0.5) is 0 Å². The topological polar surface area (TPSA) is 105 Å². The lowest BCUT2D eigenvalue weighted by Gasteiger charge is -2.10. The lowest BCUT2D eigenvalue weighted by atomic mass is 10.2. The second-order valence-electron chi connectivity index (χ2n) is 7.44. The van der Waals surface area contributed by atoms with Crippen LogP contribution in [0.2, 0.25) is 0 Å². The van der Waals surface area contributed by atoms with E-state index in [1.165, 1.54) is 13.3 Å². The van der Waals surface area contributed by atoms with Crippen LogP contribution in [-0.2, 0) is 0 Å². The van der Waals surface area contributed by atoms with Crippen LogP contribution < -0.4 is 29.1 Å². The molecule has 0 saturated carbocycles. The number of hydrogen-bond acceptors (Lipinski definition) is 8. The molecule has 9 heteroatoms. The van der Waals surface area contributed by atoms with Crippen molar-refractivity contribution in [3.05, 3.63) is 77.4 Å². The Morgan fingerprint density at radius 3 is 2.51 bits per heavy atom. The Kier molecular flexibility index (Phi) is 7.47. The molecular formula is C26H24N2O7. The van der Waals surface area contributed by atoms with E-state index in [2.05, 4.69) is 10.5 Å². The summed E-state index contributed by atoms with van der Waals surface area (Å²) in [5, 5.41) is 3.98. The van der Waals surface area contributed by atoms with E-state index in [9.17, 15) is 9.59 Å². The second kappa shape index (κ2) is 11.1. The number of nitrogens with zero attached hydrogens (tertiary/aromatic N) is 1. The van der Waals surface area contributed by atoms with Crippen LogP contribution in [0.25, 0.3) is 0 Å². The molecule has 9 nitrogen and oxygen atoms in total. The minimum Gasteiger partial charge on any atom is -0.494 e. The van der Waals surface area contributed by atoms with E-state index < -0.39 is 11.9 Å². The van der Waals surface area contributed by atoms with Gasteiger partial charge < -0.3 is 23.7 Å². The average Bonchev–Trinajstić information content (AvgIpc) is 3.36. The van der Waals surface area contributed by atoms with Gasteiger partial charge in [0.15, 0.2) is 23.0 Å². The Labute approximate surface area is 202 Å². The van der Waals surface area contributed by atoms with Gasteiger partial charge in [0, 0.05) is 5.56 Å². The summed E-state index contributed by atoms with van der Waals surface area (Å²) in [6.07, 6.45) is 2.35. The van der Waals surface area contributed by atoms with Crippen molar-refractivity contribution in [1.29, 1.82) is 0 Å². The number of carbonyl (C=O) groups is 2. The van der Waals surface area contributed by atoms with E-state index in [1.807, 2.05) is 6.92 Å². The number of amides is 1. The first-order chi connectivity index (χ1) is 17.1. The third kappa shape index (κ3) is 5.89. The SMILES string of the molecule is CCCOc1ccc(C(=O)Oc2ccc(/C=N\NC(=O)c3ccc4c(c3)OCO4)cc2OC)cc1. The number of nitrogens with one attached hydrogen (secondary N) is 1. The number of ether oxygens (including phenoxy) is 5. The summed E-state index contributed by atoms with van der Waals surface area (Å²) in [5.41, 5.74) is 3.86. The summed E-state index contributed by atoms with van der Waals surface area (Å²) < 4.78 is 26.9. The first-order valence-corrected chi connectivity index (χ1v) is 10.9. The zero-order valence-electron chi connectivity index (χ0n) is 19.3. The highest BCUT2D eigenvalue weighted by molar-refractivity contribution is 5.95. The van der Waals surface area contributed by atoms with Crippen molar-refractivity contribution in [2.45, 2.75) is 13.3 Å². The van der Waals surface area contributed by atoms with E-state index in [0.717, 1.165) is 6.42 Å². The van der Waals surface area contributed by atoms with E-state index >= 15 is 0 Å². The van der Waals surface area contributed by atoms with Gasteiger partial charge in [-0.3, -0.25) is 4.79 Å². The van der Waals surface area contributed by atoms with Crippen molar-refractivity contribution in [2.24, 2.45) is 5.10 Å². The Hall–Kier alpha value is -4.53. The molecule has 0 unspecified atom stereocenters. The number of hydrogen-bond donors (Lipinski definition) is 1. The van der Waals surface area contributed by atoms with E-state index in [0.29, 0.717) is 46.3 Å². The van der Waals surface area contributed by atoms with Crippen molar-refractivity contribution in [3.8, 4) is 28.7 Å². The summed E-state index contributed by atoms with van der Waals surface area (Å²) in [6, 6.07) is 16.5. The zero-order chi connectivity index (χ0) is 24.6. The van der Waals surface area contributed by atoms with Crippen LogP contribution >= 0.6 is 0 Å². The number of esters is 1. The number of fused-ring (bicyclic) bond motifs is 1. The molecule has 4 rings (SSSR count). The van der Waals surface area contributed by atoms with Crippen molar-refractivity contribution in [3.63, 3.8) is 0 Å². The van der Waals surface area contributed by atoms with Gasteiger partial charge in [-0.25, -0.2) is 10.2 Å². The standard InChI is InChI=1S/C26H24N2O7/c1-3-12-32-20-8-5-18(6-9-20)26(30)35-22-10-4-17(13-23(22)31-2)15-27-28-25(29)19-7-11-21-24(14-19)34-16-33-21/h4-11,13-15H,3,12,16H2,1-2H3,(H,28,29)/b27-15-. The van der Waals surface area contributed by atoms with Gasteiger partial charge in [-0.05, 0) is 72.6 Å². The molecule has 0 aromatic heterocycles. The highest BCUT2D eigenvalue weighted by Gasteiger charge is 2.16. The van der Waals surface area contributed by atoms with Crippen LogP contribution in [0.1, 0.15) is 39.6 Å². The maximum atomic E-state index is 12.5. The highest BCUT2D eigenvalue weighted by Crippen LogP contribution is 2.32. The monoisotopic (exact) mass is 476 g/mol. The summed E-state index contributed by atoms with van der Waals surface area (Å²) >= 11 is 0. The van der Waals surface area contributed by atoms with Crippen LogP contribution in [0.5, 0.6) is 28.7 Å². The first-order valence-electron chi connectivity index (χ1n) is 10.9. The molecule has 0 spiro atoms. The maximum Gasteiger partial charge on any atom is 0.343 e. The molecule has 0 saturated heterocycles. The summed E-state index contributed by atoms with van der Waals surface area (Å²) in [5.74, 6) is 1.46. The summed E-state index contributed by atoms with van der Waals surface area (Å²) in [7, 11) is 1.47. The van der Waals surface area contributed by atoms with Gasteiger partial charge in [0.25, 0.3) is 5.91 Å². The molecule has 3 aromatic rings. The fraction of sp³-hybridized carbons (Fsp3) is 0.192. The van der Waals surface area contributed by atoms with Gasteiger partial charge in [0.2, 0.25) is 6.79 Å². The average molecular weight is 476 g/mol. The lowest BCUT2D eigenvalue weighted by Crippen LogP contribution is -2.17. The number of methoxy groups -OCH3 is 1. The number of hydrazone groups is 1. The molecule has 1 aliphatic heterocycles. The van der Waals surface area contributed by atoms with Crippen LogP contribution in [0.3, 0.4) is 0 Å². The third-order valence-corrected chi connectivity index (χ3v) is 4.97. The van der Waals surface area contributed by atoms with Gasteiger partial charge in [-0.2, -0.15) is 5.10 Å². The molecule has 1 heterocycles. The molecule has 1 amide bonds. The second-order valence-corrected chi connectivity index (χ2v) is 7.44. The Bertz CT molecular complexity index is 1240. The highest BCUT2D eigenvalue weighted by atomic mass is 16.7. The fourth-order valence-electron chi connectivity index (χ4n) is 3.18.